The summed E-state index contributed by atoms with van der Waals surface area (Å²) in [5.74, 6) is 1.04. The minimum absolute atomic E-state index is 0.350. The fraction of sp³-hybridized carbons (Fsp3) is 0.316. The first-order valence-corrected chi connectivity index (χ1v) is 8.06. The molecular weight excluding hydrogens is 303 g/mol. The third-order valence-electron chi connectivity index (χ3n) is 4.48. The monoisotopic (exact) mass is 326 g/mol. The van der Waals surface area contributed by atoms with Crippen LogP contribution in [0.5, 0.6) is 0 Å². The molecule has 1 aliphatic rings. The highest BCUT2D eigenvalue weighted by Gasteiger charge is 2.27. The standard InChI is InChI=1S/C19H23FN4/c1-11(24(3)4)17-16(21)8-7-14(18(17)20)13-9-15(12-5-6-12)19(22-2)23-10-13/h7-10,12H,1,5-6,21H2,2-4H3,(H,22,23). The molecule has 3 N–H and O–H groups in total. The van der Waals surface area contributed by atoms with Gasteiger partial charge in [0, 0.05) is 49.9 Å². The van der Waals surface area contributed by atoms with E-state index in [-0.39, 0.29) is 5.82 Å². The van der Waals surface area contributed by atoms with E-state index in [0.717, 1.165) is 29.8 Å². The summed E-state index contributed by atoms with van der Waals surface area (Å²) >= 11 is 0. The number of hydrogen-bond acceptors (Lipinski definition) is 4. The van der Waals surface area contributed by atoms with Gasteiger partial charge in [0.1, 0.15) is 11.6 Å². The minimum atomic E-state index is -0.352. The number of hydrogen-bond donors (Lipinski definition) is 2. The van der Waals surface area contributed by atoms with E-state index in [1.54, 1.807) is 23.2 Å². The Bertz CT molecular complexity index is 794. The zero-order valence-electron chi connectivity index (χ0n) is 14.4. The van der Waals surface area contributed by atoms with Gasteiger partial charge in [0.2, 0.25) is 0 Å². The van der Waals surface area contributed by atoms with Crippen LogP contribution in [0.1, 0.15) is 29.9 Å². The number of nitrogens with two attached hydrogens (primary N) is 1. The first-order valence-electron chi connectivity index (χ1n) is 8.06. The molecule has 2 aromatic rings. The summed E-state index contributed by atoms with van der Waals surface area (Å²) in [6, 6.07) is 5.47. The highest BCUT2D eigenvalue weighted by atomic mass is 19.1. The van der Waals surface area contributed by atoms with Gasteiger partial charge in [-0.1, -0.05) is 6.58 Å². The molecule has 1 fully saturated rings. The van der Waals surface area contributed by atoms with E-state index >= 15 is 4.39 Å². The summed E-state index contributed by atoms with van der Waals surface area (Å²) < 4.78 is 15.1. The van der Waals surface area contributed by atoms with Crippen LogP contribution >= 0.6 is 0 Å². The van der Waals surface area contributed by atoms with Crippen LogP contribution in [0, 0.1) is 5.82 Å². The van der Waals surface area contributed by atoms with Crippen molar-refractivity contribution in [2.45, 2.75) is 18.8 Å². The smallest absolute Gasteiger partial charge is 0.142 e. The van der Waals surface area contributed by atoms with Crippen molar-refractivity contribution in [2.75, 3.05) is 32.2 Å². The molecule has 5 heteroatoms. The predicted molar refractivity (Wildman–Crippen MR) is 98.3 cm³/mol. The maximum Gasteiger partial charge on any atom is 0.142 e. The quantitative estimate of drug-likeness (QED) is 0.818. The molecule has 0 atom stereocenters. The molecular formula is C19H23FN4. The molecule has 1 aromatic heterocycles. The van der Waals surface area contributed by atoms with Gasteiger partial charge in [-0.3, -0.25) is 0 Å². The van der Waals surface area contributed by atoms with Gasteiger partial charge in [0.15, 0.2) is 0 Å². The summed E-state index contributed by atoms with van der Waals surface area (Å²) in [7, 11) is 5.50. The van der Waals surface area contributed by atoms with Crippen LogP contribution in [-0.2, 0) is 0 Å². The molecule has 0 unspecified atom stereocenters. The number of rotatable bonds is 5. The number of nitrogen functional groups attached to an aromatic ring is 1. The summed E-state index contributed by atoms with van der Waals surface area (Å²) in [6.45, 7) is 3.94. The molecule has 1 aromatic carbocycles. The Morgan fingerprint density at radius 1 is 1.38 bits per heavy atom. The van der Waals surface area contributed by atoms with E-state index in [9.17, 15) is 0 Å². The zero-order valence-corrected chi connectivity index (χ0v) is 14.4. The Morgan fingerprint density at radius 3 is 2.67 bits per heavy atom. The average molecular weight is 326 g/mol. The summed E-state index contributed by atoms with van der Waals surface area (Å²) in [4.78, 5) is 6.23. The van der Waals surface area contributed by atoms with Crippen LogP contribution in [0.25, 0.3) is 16.8 Å². The highest BCUT2D eigenvalue weighted by Crippen LogP contribution is 2.44. The highest BCUT2D eigenvalue weighted by molar-refractivity contribution is 5.79. The molecule has 0 saturated heterocycles. The number of benzene rings is 1. The van der Waals surface area contributed by atoms with Gasteiger partial charge in [-0.25, -0.2) is 9.37 Å². The molecule has 1 saturated carbocycles. The topological polar surface area (TPSA) is 54.2 Å². The number of aromatic nitrogens is 1. The van der Waals surface area contributed by atoms with Crippen molar-refractivity contribution in [1.29, 1.82) is 0 Å². The Hall–Kier alpha value is -2.56. The molecule has 4 nitrogen and oxygen atoms in total. The Balaban J connectivity index is 2.12. The summed E-state index contributed by atoms with van der Waals surface area (Å²) in [5.41, 5.74) is 9.69. The molecule has 0 spiro atoms. The lowest BCUT2D eigenvalue weighted by Gasteiger charge is -2.20. The van der Waals surface area contributed by atoms with Gasteiger partial charge in [-0.05, 0) is 42.5 Å². The first-order chi connectivity index (χ1) is 11.4. The second-order valence-corrected chi connectivity index (χ2v) is 6.42. The van der Waals surface area contributed by atoms with Crippen LogP contribution in [0.2, 0.25) is 0 Å². The van der Waals surface area contributed by atoms with Crippen molar-refractivity contribution in [3.63, 3.8) is 0 Å². The van der Waals surface area contributed by atoms with E-state index in [1.807, 2.05) is 27.2 Å². The average Bonchev–Trinajstić information content (AvgIpc) is 3.39. The fourth-order valence-corrected chi connectivity index (χ4v) is 2.87. The number of pyridine rings is 1. The predicted octanol–water partition coefficient (Wildman–Crippen LogP) is 3.92. The number of nitrogens with one attached hydrogen (secondary N) is 1. The van der Waals surface area contributed by atoms with E-state index in [1.165, 1.54) is 0 Å². The van der Waals surface area contributed by atoms with Gasteiger partial charge >= 0.3 is 0 Å². The van der Waals surface area contributed by atoms with Crippen LogP contribution in [0.15, 0.2) is 31.0 Å². The third-order valence-corrected chi connectivity index (χ3v) is 4.48. The van der Waals surface area contributed by atoms with Crippen LogP contribution in [0.4, 0.5) is 15.9 Å². The van der Waals surface area contributed by atoms with Gasteiger partial charge in [0.05, 0.1) is 5.56 Å². The number of nitrogens with zero attached hydrogens (tertiary/aromatic N) is 2. The Kier molecular flexibility index (Phi) is 4.18. The van der Waals surface area contributed by atoms with Crippen molar-refractivity contribution in [1.82, 2.24) is 9.88 Å². The maximum atomic E-state index is 15.1. The molecule has 24 heavy (non-hydrogen) atoms. The Labute approximate surface area is 142 Å². The van der Waals surface area contributed by atoms with Gasteiger partial charge in [0.25, 0.3) is 0 Å². The fourth-order valence-electron chi connectivity index (χ4n) is 2.87. The lowest BCUT2D eigenvalue weighted by molar-refractivity contribution is 0.575. The second kappa shape index (κ2) is 6.15. The lowest BCUT2D eigenvalue weighted by Crippen LogP contribution is -2.12. The normalized spacial score (nSPS) is 13.7. The van der Waals surface area contributed by atoms with Crippen molar-refractivity contribution in [2.24, 2.45) is 0 Å². The van der Waals surface area contributed by atoms with E-state index in [2.05, 4.69) is 16.9 Å². The van der Waals surface area contributed by atoms with Crippen LogP contribution in [-0.4, -0.2) is 31.0 Å². The van der Waals surface area contributed by atoms with E-state index in [4.69, 9.17) is 5.73 Å². The molecule has 0 bridgehead atoms. The van der Waals surface area contributed by atoms with Crippen molar-refractivity contribution < 1.29 is 4.39 Å². The number of anilines is 2. The molecule has 1 aliphatic carbocycles. The summed E-state index contributed by atoms with van der Waals surface area (Å²) in [6.07, 6.45) is 4.02. The lowest BCUT2D eigenvalue weighted by atomic mass is 9.98. The molecule has 0 aliphatic heterocycles. The molecule has 1 heterocycles. The van der Waals surface area contributed by atoms with E-state index in [0.29, 0.717) is 28.4 Å². The second-order valence-electron chi connectivity index (χ2n) is 6.42. The maximum absolute atomic E-state index is 15.1. The number of halogens is 1. The molecule has 126 valence electrons. The summed E-state index contributed by atoms with van der Waals surface area (Å²) in [5, 5.41) is 3.12. The SMILES string of the molecule is C=C(c1c(N)ccc(-c2cnc(NC)c(C3CC3)c2)c1F)N(C)C. The van der Waals surface area contributed by atoms with E-state index < -0.39 is 0 Å². The van der Waals surface area contributed by atoms with Crippen LogP contribution < -0.4 is 11.1 Å². The van der Waals surface area contributed by atoms with Gasteiger partial charge in [-0.15, -0.1) is 0 Å². The van der Waals surface area contributed by atoms with Crippen molar-refractivity contribution >= 4 is 17.2 Å². The Morgan fingerprint density at radius 2 is 2.08 bits per heavy atom. The molecule has 0 radical (unpaired) electrons. The molecule has 3 rings (SSSR count). The first kappa shape index (κ1) is 16.3. The third kappa shape index (κ3) is 2.82. The largest absolute Gasteiger partial charge is 0.398 e. The molecule has 0 amide bonds. The van der Waals surface area contributed by atoms with Gasteiger partial charge in [-0.2, -0.15) is 0 Å². The van der Waals surface area contributed by atoms with Crippen molar-refractivity contribution in [3.8, 4) is 11.1 Å². The minimum Gasteiger partial charge on any atom is -0.398 e. The van der Waals surface area contributed by atoms with Gasteiger partial charge < -0.3 is 16.0 Å². The van der Waals surface area contributed by atoms with Crippen LogP contribution in [0.3, 0.4) is 0 Å². The van der Waals surface area contributed by atoms with Crippen molar-refractivity contribution in [3.05, 3.63) is 47.9 Å². The zero-order chi connectivity index (χ0) is 17.4.